The van der Waals surface area contributed by atoms with Crippen molar-refractivity contribution in [1.82, 2.24) is 9.78 Å². The minimum atomic E-state index is -0.755. The van der Waals surface area contributed by atoms with Gasteiger partial charge in [-0.3, -0.25) is 9.59 Å². The van der Waals surface area contributed by atoms with Crippen molar-refractivity contribution in [3.63, 3.8) is 0 Å². The third-order valence-electron chi connectivity index (χ3n) is 4.39. The number of anilines is 1. The van der Waals surface area contributed by atoms with E-state index in [9.17, 15) is 9.59 Å². The fraction of sp³-hybridized carbons (Fsp3) is 0.227. The zero-order chi connectivity index (χ0) is 21.0. The van der Waals surface area contributed by atoms with E-state index in [4.69, 9.17) is 16.3 Å². The molecule has 0 bridgehead atoms. The first-order chi connectivity index (χ1) is 13.9. The Balaban J connectivity index is 1.84. The van der Waals surface area contributed by atoms with Crippen LogP contribution in [0.5, 0.6) is 5.88 Å². The molecule has 0 unspecified atom stereocenters. The summed E-state index contributed by atoms with van der Waals surface area (Å²) < 4.78 is 7.02. The van der Waals surface area contributed by atoms with Gasteiger partial charge in [-0.2, -0.15) is 4.68 Å². The van der Waals surface area contributed by atoms with E-state index in [1.165, 1.54) is 16.8 Å². The highest BCUT2D eigenvalue weighted by Crippen LogP contribution is 2.19. The van der Waals surface area contributed by atoms with Crippen LogP contribution in [-0.4, -0.2) is 21.8 Å². The van der Waals surface area contributed by atoms with Crippen molar-refractivity contribution in [3.8, 4) is 11.6 Å². The van der Waals surface area contributed by atoms with Gasteiger partial charge in [0, 0.05) is 22.8 Å². The average molecular weight is 412 g/mol. The van der Waals surface area contributed by atoms with Gasteiger partial charge in [-0.25, -0.2) is 0 Å². The first kappa shape index (κ1) is 20.6. The number of aromatic nitrogens is 2. The Morgan fingerprint density at radius 2 is 1.97 bits per heavy atom. The fourth-order valence-corrected chi connectivity index (χ4v) is 3.02. The Morgan fingerprint density at radius 1 is 1.17 bits per heavy atom. The van der Waals surface area contributed by atoms with E-state index in [-0.39, 0.29) is 17.3 Å². The molecule has 1 N–H and O–H groups in total. The van der Waals surface area contributed by atoms with Crippen LogP contribution in [0.4, 0.5) is 5.69 Å². The van der Waals surface area contributed by atoms with Crippen LogP contribution in [0, 0.1) is 13.8 Å². The number of hydrogen-bond donors (Lipinski definition) is 1. The van der Waals surface area contributed by atoms with Crippen LogP contribution in [0.25, 0.3) is 5.69 Å². The summed E-state index contributed by atoms with van der Waals surface area (Å²) in [5, 5.41) is 7.62. The van der Waals surface area contributed by atoms with Gasteiger partial charge in [-0.1, -0.05) is 36.7 Å². The molecule has 2 aromatic carbocycles. The molecule has 150 valence electrons. The van der Waals surface area contributed by atoms with Gasteiger partial charge in [0.25, 0.3) is 11.5 Å². The molecule has 0 radical (unpaired) electrons. The van der Waals surface area contributed by atoms with Crippen molar-refractivity contribution >= 4 is 23.2 Å². The van der Waals surface area contributed by atoms with Crippen molar-refractivity contribution in [3.05, 3.63) is 81.1 Å². The summed E-state index contributed by atoms with van der Waals surface area (Å²) in [5.74, 6) is -0.105. The predicted molar refractivity (Wildman–Crippen MR) is 114 cm³/mol. The molecule has 3 rings (SSSR count). The minimum absolute atomic E-state index is 0.176. The van der Waals surface area contributed by atoms with Crippen molar-refractivity contribution in [1.29, 1.82) is 0 Å². The van der Waals surface area contributed by atoms with Crippen LogP contribution in [0.2, 0.25) is 5.02 Å². The molecular weight excluding hydrogens is 390 g/mol. The zero-order valence-electron chi connectivity index (χ0n) is 16.5. The molecule has 0 aliphatic heterocycles. The number of carbonyl (C=O) groups excluding carboxylic acids is 1. The summed E-state index contributed by atoms with van der Waals surface area (Å²) in [6, 6.07) is 15.6. The molecule has 29 heavy (non-hydrogen) atoms. The van der Waals surface area contributed by atoms with Gasteiger partial charge in [0.05, 0.1) is 5.69 Å². The van der Waals surface area contributed by atoms with Gasteiger partial charge < -0.3 is 10.1 Å². The summed E-state index contributed by atoms with van der Waals surface area (Å²) in [5.41, 5.74) is 2.82. The molecule has 1 heterocycles. The molecule has 1 atom stereocenters. The SMILES string of the molecule is CC[C@@H](Oc1ccc(=O)n(-c2cc(Cl)ccc2C)n1)C(=O)Nc1cccc(C)c1. The van der Waals surface area contributed by atoms with Gasteiger partial charge in [0.2, 0.25) is 5.88 Å². The minimum Gasteiger partial charge on any atom is -0.463 e. The summed E-state index contributed by atoms with van der Waals surface area (Å²) in [6.45, 7) is 5.66. The van der Waals surface area contributed by atoms with Crippen LogP contribution >= 0.6 is 11.6 Å². The van der Waals surface area contributed by atoms with Crippen LogP contribution in [-0.2, 0) is 4.79 Å². The standard InChI is InChI=1S/C22H22ClN3O3/c1-4-19(22(28)24-17-7-5-6-14(2)12-17)29-20-10-11-21(27)26(25-20)18-13-16(23)9-8-15(18)3/h5-13,19H,4H2,1-3H3,(H,24,28)/t19-/m1/s1. The molecule has 0 aliphatic rings. The number of hydrogen-bond acceptors (Lipinski definition) is 4. The molecule has 3 aromatic rings. The fourth-order valence-electron chi connectivity index (χ4n) is 2.85. The Kier molecular flexibility index (Phi) is 6.34. The van der Waals surface area contributed by atoms with E-state index in [0.29, 0.717) is 22.8 Å². The predicted octanol–water partition coefficient (Wildman–Crippen LogP) is 4.30. The zero-order valence-corrected chi connectivity index (χ0v) is 17.2. The second-order valence-electron chi connectivity index (χ2n) is 6.73. The lowest BCUT2D eigenvalue weighted by atomic mass is 10.2. The molecule has 0 fully saturated rings. The highest BCUT2D eigenvalue weighted by Gasteiger charge is 2.20. The lowest BCUT2D eigenvalue weighted by Crippen LogP contribution is -2.33. The van der Waals surface area contributed by atoms with E-state index in [1.807, 2.05) is 51.1 Å². The molecule has 1 aromatic heterocycles. The molecule has 0 aliphatic carbocycles. The highest BCUT2D eigenvalue weighted by atomic mass is 35.5. The second kappa shape index (κ2) is 8.92. The number of nitrogens with one attached hydrogen (secondary N) is 1. The lowest BCUT2D eigenvalue weighted by Gasteiger charge is -2.17. The number of nitrogens with zero attached hydrogens (tertiary/aromatic N) is 2. The number of amides is 1. The molecule has 0 saturated carbocycles. The Bertz CT molecular complexity index is 1090. The van der Waals surface area contributed by atoms with Gasteiger partial charge in [0.15, 0.2) is 6.10 Å². The molecule has 1 amide bonds. The average Bonchev–Trinajstić information content (AvgIpc) is 2.69. The van der Waals surface area contributed by atoms with Crippen molar-refractivity contribution in [2.24, 2.45) is 0 Å². The van der Waals surface area contributed by atoms with Gasteiger partial charge in [-0.15, -0.1) is 5.10 Å². The number of carbonyl (C=O) groups is 1. The van der Waals surface area contributed by atoms with E-state index >= 15 is 0 Å². The largest absolute Gasteiger partial charge is 0.463 e. The third-order valence-corrected chi connectivity index (χ3v) is 4.62. The molecular formula is C22H22ClN3O3. The van der Waals surface area contributed by atoms with Crippen LogP contribution < -0.4 is 15.6 Å². The van der Waals surface area contributed by atoms with Gasteiger partial charge in [-0.05, 0) is 55.7 Å². The maximum absolute atomic E-state index is 12.6. The molecule has 0 spiro atoms. The number of benzene rings is 2. The quantitative estimate of drug-likeness (QED) is 0.656. The number of ether oxygens (including phenoxy) is 1. The highest BCUT2D eigenvalue weighted by molar-refractivity contribution is 6.30. The summed E-state index contributed by atoms with van der Waals surface area (Å²) >= 11 is 6.07. The normalized spacial score (nSPS) is 11.7. The van der Waals surface area contributed by atoms with E-state index in [0.717, 1.165) is 11.1 Å². The van der Waals surface area contributed by atoms with Crippen LogP contribution in [0.3, 0.4) is 0 Å². The summed E-state index contributed by atoms with van der Waals surface area (Å²) in [6.07, 6.45) is -0.316. The smallest absolute Gasteiger partial charge is 0.271 e. The molecule has 6 nitrogen and oxygen atoms in total. The Morgan fingerprint density at radius 3 is 2.69 bits per heavy atom. The van der Waals surface area contributed by atoms with Crippen LogP contribution in [0.1, 0.15) is 24.5 Å². The summed E-state index contributed by atoms with van der Waals surface area (Å²) in [7, 11) is 0. The first-order valence-electron chi connectivity index (χ1n) is 9.28. The van der Waals surface area contributed by atoms with E-state index in [1.54, 1.807) is 12.1 Å². The van der Waals surface area contributed by atoms with Crippen molar-refractivity contribution in [2.75, 3.05) is 5.32 Å². The number of rotatable bonds is 6. The Hall–Kier alpha value is -3.12. The monoisotopic (exact) mass is 411 g/mol. The summed E-state index contributed by atoms with van der Waals surface area (Å²) in [4.78, 5) is 25.0. The Labute approximate surface area is 174 Å². The lowest BCUT2D eigenvalue weighted by molar-refractivity contribution is -0.123. The van der Waals surface area contributed by atoms with E-state index in [2.05, 4.69) is 10.4 Å². The van der Waals surface area contributed by atoms with Crippen LogP contribution in [0.15, 0.2) is 59.4 Å². The first-order valence-corrected chi connectivity index (χ1v) is 9.66. The van der Waals surface area contributed by atoms with Crippen molar-refractivity contribution in [2.45, 2.75) is 33.3 Å². The van der Waals surface area contributed by atoms with Gasteiger partial charge in [0.1, 0.15) is 0 Å². The maximum Gasteiger partial charge on any atom is 0.271 e. The van der Waals surface area contributed by atoms with Crippen molar-refractivity contribution < 1.29 is 9.53 Å². The van der Waals surface area contributed by atoms with E-state index < -0.39 is 6.10 Å². The van der Waals surface area contributed by atoms with Gasteiger partial charge >= 0.3 is 0 Å². The second-order valence-corrected chi connectivity index (χ2v) is 7.16. The number of aryl methyl sites for hydroxylation is 2. The third kappa shape index (κ3) is 5.03. The number of halogens is 1. The maximum atomic E-state index is 12.6. The molecule has 0 saturated heterocycles. The topological polar surface area (TPSA) is 73.2 Å². The molecule has 7 heteroatoms.